The Bertz CT molecular complexity index is 2700. The van der Waals surface area contributed by atoms with Crippen molar-refractivity contribution >= 4 is 51.1 Å². The normalized spacial score (nSPS) is 15.6. The molecule has 1 fully saturated rings. The SMILES string of the molecule is Cc1cc(-c2cc3c(cc2C(F)F)N(c2ccc4c(c2)n(C)c(=O)n4C)CCC3)cnc1C(=O)NCC#Cc1ccc2occ(C3CCC(=O)NC3=O)c2c1. The lowest BCUT2D eigenvalue weighted by atomic mass is 9.90. The summed E-state index contributed by atoms with van der Waals surface area (Å²) in [6.45, 7) is 2.38. The van der Waals surface area contributed by atoms with E-state index in [1.807, 2.05) is 29.2 Å². The van der Waals surface area contributed by atoms with Gasteiger partial charge in [0, 0.05) is 72.3 Å². The van der Waals surface area contributed by atoms with Crippen LogP contribution in [-0.2, 0) is 30.1 Å². The molecule has 2 aliphatic heterocycles. The second-order valence-electron chi connectivity index (χ2n) is 14.0. The fourth-order valence-electron chi connectivity index (χ4n) is 7.71. The molecule has 0 spiro atoms. The number of alkyl halides is 2. The molecule has 5 heterocycles. The fourth-order valence-corrected chi connectivity index (χ4v) is 7.71. The summed E-state index contributed by atoms with van der Waals surface area (Å²) in [5, 5.41) is 5.87. The van der Waals surface area contributed by atoms with Gasteiger partial charge in [-0.15, -0.1) is 0 Å². The Hall–Kier alpha value is -6.55. The van der Waals surface area contributed by atoms with Crippen LogP contribution in [-0.4, -0.2) is 44.9 Å². The molecule has 13 heteroatoms. The molecule has 8 rings (SSSR count). The first-order valence-electron chi connectivity index (χ1n) is 18.0. The standard InChI is InChI=1S/C42H36F2N6O5/c1-23-16-26(29-18-25-7-5-15-50(34(25)20-31(29)39(43)44)27-9-11-33-35(19-27)49(3)42(54)48(33)2)21-46-38(23)41(53)45-14-4-6-24-8-12-36-30(17-24)32(22-55-36)28-10-13-37(51)47-40(28)52/h8-9,11-12,16-22,28,39H,5,7,10,13-15H2,1-3H3,(H,45,53)(H,47,51,52). The van der Waals surface area contributed by atoms with Crippen LogP contribution in [0.25, 0.3) is 33.1 Å². The molecule has 55 heavy (non-hydrogen) atoms. The largest absolute Gasteiger partial charge is 0.464 e. The van der Waals surface area contributed by atoms with E-state index in [1.165, 1.54) is 12.5 Å². The van der Waals surface area contributed by atoms with E-state index in [1.54, 1.807) is 60.5 Å². The molecule has 1 atom stereocenters. The highest BCUT2D eigenvalue weighted by atomic mass is 19.3. The molecule has 1 unspecified atom stereocenters. The zero-order valence-corrected chi connectivity index (χ0v) is 30.3. The minimum absolute atomic E-state index is 0.0233. The van der Waals surface area contributed by atoms with Crippen LogP contribution in [0.3, 0.4) is 0 Å². The van der Waals surface area contributed by atoms with Crippen LogP contribution in [0.1, 0.15) is 69.9 Å². The number of benzene rings is 3. The smallest absolute Gasteiger partial charge is 0.328 e. The third-order valence-electron chi connectivity index (χ3n) is 10.6. The summed E-state index contributed by atoms with van der Waals surface area (Å²) < 4.78 is 38.3. The first kappa shape index (κ1) is 35.5. The van der Waals surface area contributed by atoms with Crippen molar-refractivity contribution in [1.82, 2.24) is 24.8 Å². The van der Waals surface area contributed by atoms with Crippen molar-refractivity contribution in [2.75, 3.05) is 18.0 Å². The van der Waals surface area contributed by atoms with E-state index in [9.17, 15) is 28.0 Å². The first-order chi connectivity index (χ1) is 26.5. The molecule has 11 nitrogen and oxygen atoms in total. The van der Waals surface area contributed by atoms with Gasteiger partial charge in [0.1, 0.15) is 11.3 Å². The van der Waals surface area contributed by atoms with Crippen molar-refractivity contribution in [2.24, 2.45) is 14.1 Å². The number of amides is 3. The van der Waals surface area contributed by atoms with Gasteiger partial charge in [-0.05, 0) is 97.5 Å². The highest BCUT2D eigenvalue weighted by molar-refractivity contribution is 6.03. The lowest BCUT2D eigenvalue weighted by Crippen LogP contribution is -2.39. The van der Waals surface area contributed by atoms with Crippen molar-refractivity contribution in [2.45, 2.75) is 45.0 Å². The number of carbonyl (C=O) groups excluding carboxylic acids is 3. The number of halogens is 2. The molecule has 2 N–H and O–H groups in total. The van der Waals surface area contributed by atoms with Gasteiger partial charge in [0.25, 0.3) is 12.3 Å². The predicted molar refractivity (Wildman–Crippen MR) is 203 cm³/mol. The van der Waals surface area contributed by atoms with Gasteiger partial charge in [-0.3, -0.25) is 33.8 Å². The summed E-state index contributed by atoms with van der Waals surface area (Å²) in [6.07, 6.45) is 2.39. The molecule has 0 aliphatic carbocycles. The molecular weight excluding hydrogens is 706 g/mol. The minimum atomic E-state index is -2.76. The highest BCUT2D eigenvalue weighted by Gasteiger charge is 2.31. The Morgan fingerprint density at radius 2 is 1.85 bits per heavy atom. The van der Waals surface area contributed by atoms with E-state index in [0.29, 0.717) is 58.5 Å². The summed E-state index contributed by atoms with van der Waals surface area (Å²) in [7, 11) is 3.44. The second kappa shape index (κ2) is 14.0. The van der Waals surface area contributed by atoms with Gasteiger partial charge in [-0.1, -0.05) is 11.8 Å². The van der Waals surface area contributed by atoms with Gasteiger partial charge < -0.3 is 14.6 Å². The van der Waals surface area contributed by atoms with E-state index in [0.717, 1.165) is 34.1 Å². The molecule has 0 radical (unpaired) electrons. The van der Waals surface area contributed by atoms with E-state index >= 15 is 0 Å². The van der Waals surface area contributed by atoms with Crippen molar-refractivity contribution in [1.29, 1.82) is 0 Å². The van der Waals surface area contributed by atoms with Gasteiger partial charge in [0.2, 0.25) is 11.8 Å². The Morgan fingerprint density at radius 3 is 2.64 bits per heavy atom. The van der Waals surface area contributed by atoms with E-state index < -0.39 is 18.3 Å². The third kappa shape index (κ3) is 6.43. The number of anilines is 2. The summed E-state index contributed by atoms with van der Waals surface area (Å²) in [5.41, 5.74) is 7.18. The van der Waals surface area contributed by atoms with Crippen molar-refractivity contribution < 1.29 is 27.6 Å². The maximum Gasteiger partial charge on any atom is 0.328 e. The summed E-state index contributed by atoms with van der Waals surface area (Å²) in [4.78, 5) is 56.1. The number of hydrogen-bond donors (Lipinski definition) is 2. The summed E-state index contributed by atoms with van der Waals surface area (Å²) >= 11 is 0. The van der Waals surface area contributed by atoms with Crippen LogP contribution >= 0.6 is 0 Å². The number of fused-ring (bicyclic) bond motifs is 3. The molecule has 3 aromatic heterocycles. The van der Waals surface area contributed by atoms with Gasteiger partial charge in [0.05, 0.1) is 29.8 Å². The topological polar surface area (TPSA) is 131 Å². The zero-order chi connectivity index (χ0) is 38.5. The van der Waals surface area contributed by atoms with Gasteiger partial charge in [-0.2, -0.15) is 0 Å². The van der Waals surface area contributed by atoms with Crippen LogP contribution in [0.15, 0.2) is 76.3 Å². The number of nitrogens with zero attached hydrogens (tertiary/aromatic N) is 4. The van der Waals surface area contributed by atoms with Crippen LogP contribution in [0, 0.1) is 18.8 Å². The van der Waals surface area contributed by atoms with Crippen LogP contribution in [0.5, 0.6) is 0 Å². The van der Waals surface area contributed by atoms with Crippen LogP contribution < -0.4 is 21.2 Å². The van der Waals surface area contributed by atoms with Gasteiger partial charge >= 0.3 is 5.69 Å². The Morgan fingerprint density at radius 1 is 1.04 bits per heavy atom. The number of aromatic nitrogens is 3. The molecular formula is C42H36F2N6O5. The number of nitrogens with one attached hydrogen (secondary N) is 2. The molecule has 0 bridgehead atoms. The lowest BCUT2D eigenvalue weighted by molar-refractivity contribution is -0.134. The third-order valence-corrected chi connectivity index (χ3v) is 10.6. The van der Waals surface area contributed by atoms with E-state index in [-0.39, 0.29) is 41.7 Å². The number of carbonyl (C=O) groups is 3. The number of aryl methyl sites for hydroxylation is 4. The maximum absolute atomic E-state index is 14.7. The zero-order valence-electron chi connectivity index (χ0n) is 30.3. The number of imide groups is 1. The Labute approximate surface area is 313 Å². The number of furan rings is 1. The molecule has 278 valence electrons. The predicted octanol–water partition coefficient (Wildman–Crippen LogP) is 6.32. The van der Waals surface area contributed by atoms with E-state index in [4.69, 9.17) is 4.42 Å². The molecule has 6 aromatic rings. The maximum atomic E-state index is 14.7. The lowest BCUT2D eigenvalue weighted by Gasteiger charge is -2.33. The number of rotatable bonds is 6. The van der Waals surface area contributed by atoms with Crippen LogP contribution in [0.4, 0.5) is 20.2 Å². The molecule has 1 saturated heterocycles. The molecule has 3 aromatic carbocycles. The minimum Gasteiger partial charge on any atom is -0.464 e. The Balaban J connectivity index is 0.995. The number of imidazole rings is 1. The first-order valence-corrected chi connectivity index (χ1v) is 18.0. The highest BCUT2D eigenvalue weighted by Crippen LogP contribution is 2.42. The molecule has 0 saturated carbocycles. The molecule has 3 amide bonds. The van der Waals surface area contributed by atoms with Crippen molar-refractivity contribution in [3.63, 3.8) is 0 Å². The fraction of sp³-hybridized carbons (Fsp3) is 0.262. The van der Waals surface area contributed by atoms with Crippen LogP contribution in [0.2, 0.25) is 0 Å². The quantitative estimate of drug-likeness (QED) is 0.151. The summed E-state index contributed by atoms with van der Waals surface area (Å²) in [5.74, 6) is 4.37. The average Bonchev–Trinajstić information content (AvgIpc) is 3.69. The second-order valence-corrected chi connectivity index (χ2v) is 14.0. The number of hydrogen-bond acceptors (Lipinski definition) is 7. The van der Waals surface area contributed by atoms with Crippen molar-refractivity contribution in [3.05, 3.63) is 111 Å². The van der Waals surface area contributed by atoms with E-state index in [2.05, 4.69) is 27.5 Å². The van der Waals surface area contributed by atoms with Gasteiger partial charge in [-0.25, -0.2) is 13.6 Å². The number of pyridine rings is 1. The summed E-state index contributed by atoms with van der Waals surface area (Å²) in [6, 6.07) is 16.1. The monoisotopic (exact) mass is 742 g/mol. The number of piperidine rings is 1. The average molecular weight is 743 g/mol. The Kier molecular flexibility index (Phi) is 9.04. The molecule has 2 aliphatic rings. The van der Waals surface area contributed by atoms with Gasteiger partial charge in [0.15, 0.2) is 0 Å². The van der Waals surface area contributed by atoms with Crippen molar-refractivity contribution in [3.8, 4) is 23.0 Å².